The smallest absolute Gasteiger partial charge is 0.141 e. The van der Waals surface area contributed by atoms with Crippen LogP contribution in [0.2, 0.25) is 0 Å². The Morgan fingerprint density at radius 2 is 1.95 bits per heavy atom. The molecule has 1 aromatic heterocycles. The number of nitrogens with zero attached hydrogens (tertiary/aromatic N) is 3. The highest BCUT2D eigenvalue weighted by Crippen LogP contribution is 2.20. The number of thioether (sulfide) groups is 1. The highest BCUT2D eigenvalue weighted by Gasteiger charge is 2.09. The van der Waals surface area contributed by atoms with Crippen LogP contribution in [0.1, 0.15) is 19.7 Å². The van der Waals surface area contributed by atoms with Crippen molar-refractivity contribution in [3.63, 3.8) is 0 Å². The molecular formula is C14H18N4S2. The fraction of sp³-hybridized carbons (Fsp3) is 0.357. The van der Waals surface area contributed by atoms with E-state index >= 15 is 0 Å². The van der Waals surface area contributed by atoms with Gasteiger partial charge in [0.2, 0.25) is 0 Å². The molecule has 2 aromatic rings. The molecule has 0 aliphatic carbocycles. The van der Waals surface area contributed by atoms with Gasteiger partial charge in [-0.3, -0.25) is 0 Å². The lowest BCUT2D eigenvalue weighted by atomic mass is 10.2. The normalized spacial score (nSPS) is 10.7. The zero-order valence-corrected chi connectivity index (χ0v) is 13.3. The fourth-order valence-corrected chi connectivity index (χ4v) is 3.17. The first-order valence-electron chi connectivity index (χ1n) is 6.58. The van der Waals surface area contributed by atoms with Crippen molar-refractivity contribution in [1.29, 1.82) is 0 Å². The SMILES string of the molecule is CCN(CC)C(=S)SCc1nc(N)c2ccccc2n1. The number of para-hydroxylation sites is 1. The van der Waals surface area contributed by atoms with Gasteiger partial charge in [0.1, 0.15) is 16.0 Å². The van der Waals surface area contributed by atoms with Crippen molar-refractivity contribution in [3.05, 3.63) is 30.1 Å². The van der Waals surface area contributed by atoms with Gasteiger partial charge in [0.25, 0.3) is 0 Å². The Morgan fingerprint density at radius 1 is 1.25 bits per heavy atom. The second kappa shape index (κ2) is 6.85. The van der Waals surface area contributed by atoms with Crippen molar-refractivity contribution in [3.8, 4) is 0 Å². The predicted molar refractivity (Wildman–Crippen MR) is 90.8 cm³/mol. The number of rotatable bonds is 4. The van der Waals surface area contributed by atoms with Crippen molar-refractivity contribution >= 4 is 45.0 Å². The first-order chi connectivity index (χ1) is 9.65. The lowest BCUT2D eigenvalue weighted by Gasteiger charge is -2.20. The maximum absolute atomic E-state index is 5.97. The number of hydrogen-bond donors (Lipinski definition) is 1. The van der Waals surface area contributed by atoms with E-state index in [1.54, 1.807) is 11.8 Å². The Hall–Kier alpha value is -1.40. The maximum Gasteiger partial charge on any atom is 0.141 e. The summed E-state index contributed by atoms with van der Waals surface area (Å²) >= 11 is 6.98. The molecule has 2 rings (SSSR count). The number of aromatic nitrogens is 2. The summed E-state index contributed by atoms with van der Waals surface area (Å²) in [5.74, 6) is 1.89. The fourth-order valence-electron chi connectivity index (χ4n) is 1.91. The minimum Gasteiger partial charge on any atom is -0.383 e. The first kappa shape index (κ1) is 15.0. The van der Waals surface area contributed by atoms with Gasteiger partial charge in [0.05, 0.1) is 11.3 Å². The van der Waals surface area contributed by atoms with Crippen LogP contribution < -0.4 is 5.73 Å². The summed E-state index contributed by atoms with van der Waals surface area (Å²) in [6.45, 7) is 6.04. The third-order valence-corrected chi connectivity index (χ3v) is 4.54. The molecule has 0 fully saturated rings. The molecule has 0 amide bonds. The summed E-state index contributed by atoms with van der Waals surface area (Å²) in [6, 6.07) is 7.77. The third kappa shape index (κ3) is 3.37. The van der Waals surface area contributed by atoms with E-state index in [4.69, 9.17) is 18.0 Å². The van der Waals surface area contributed by atoms with E-state index in [0.717, 1.165) is 34.1 Å². The van der Waals surface area contributed by atoms with Crippen molar-refractivity contribution in [2.24, 2.45) is 0 Å². The molecule has 0 aliphatic rings. The van der Waals surface area contributed by atoms with Crippen LogP contribution in [0.4, 0.5) is 5.82 Å². The Bertz CT molecular complexity index is 611. The summed E-state index contributed by atoms with van der Waals surface area (Å²) in [5, 5.41) is 0.896. The zero-order chi connectivity index (χ0) is 14.5. The Balaban J connectivity index is 2.12. The predicted octanol–water partition coefficient (Wildman–Crippen LogP) is 3.07. The van der Waals surface area contributed by atoms with Gasteiger partial charge in [-0.15, -0.1) is 0 Å². The topological polar surface area (TPSA) is 55.0 Å². The first-order valence-corrected chi connectivity index (χ1v) is 7.98. The van der Waals surface area contributed by atoms with Crippen molar-refractivity contribution in [2.45, 2.75) is 19.6 Å². The molecule has 6 heteroatoms. The van der Waals surface area contributed by atoms with Gasteiger partial charge in [0, 0.05) is 18.5 Å². The summed E-state index contributed by atoms with van der Waals surface area (Å²) in [6.07, 6.45) is 0. The van der Waals surface area contributed by atoms with Crippen LogP contribution in [0.5, 0.6) is 0 Å². The van der Waals surface area contributed by atoms with Gasteiger partial charge in [-0.1, -0.05) is 36.1 Å². The summed E-state index contributed by atoms with van der Waals surface area (Å²) in [4.78, 5) is 11.0. The van der Waals surface area contributed by atoms with E-state index in [1.807, 2.05) is 24.3 Å². The maximum atomic E-state index is 5.97. The molecule has 0 spiro atoms. The number of benzene rings is 1. The van der Waals surface area contributed by atoms with Gasteiger partial charge in [0.15, 0.2) is 0 Å². The molecular weight excluding hydrogens is 288 g/mol. The second-order valence-corrected chi connectivity index (χ2v) is 5.88. The monoisotopic (exact) mass is 306 g/mol. The van der Waals surface area contributed by atoms with Gasteiger partial charge in [-0.2, -0.15) is 0 Å². The molecule has 106 valence electrons. The largest absolute Gasteiger partial charge is 0.383 e. The van der Waals surface area contributed by atoms with E-state index < -0.39 is 0 Å². The Morgan fingerprint density at radius 3 is 2.65 bits per heavy atom. The van der Waals surface area contributed by atoms with Crippen molar-refractivity contribution < 1.29 is 0 Å². The number of thiocarbonyl (C=S) groups is 1. The quantitative estimate of drug-likeness (QED) is 0.876. The minimum atomic E-state index is 0.528. The van der Waals surface area contributed by atoms with Gasteiger partial charge in [-0.05, 0) is 26.0 Å². The summed E-state index contributed by atoms with van der Waals surface area (Å²) < 4.78 is 0.880. The molecule has 0 atom stereocenters. The molecule has 20 heavy (non-hydrogen) atoms. The molecule has 2 N–H and O–H groups in total. The Labute approximate surface area is 128 Å². The molecule has 0 saturated heterocycles. The van der Waals surface area contributed by atoms with Crippen LogP contribution in [0.3, 0.4) is 0 Å². The average molecular weight is 306 g/mol. The molecule has 1 heterocycles. The number of nitrogens with two attached hydrogens (primary N) is 1. The van der Waals surface area contributed by atoms with E-state index in [-0.39, 0.29) is 0 Å². The Kier molecular flexibility index (Phi) is 5.14. The lowest BCUT2D eigenvalue weighted by molar-refractivity contribution is 0.482. The number of nitrogen functional groups attached to an aromatic ring is 1. The molecule has 0 bridgehead atoms. The third-order valence-electron chi connectivity index (χ3n) is 3.03. The standard InChI is InChI=1S/C14H18N4S2/c1-3-18(4-2)14(19)20-9-12-16-11-8-6-5-7-10(11)13(15)17-12/h5-8H,3-4,9H2,1-2H3,(H2,15,16,17). The van der Waals surface area contributed by atoms with E-state index in [0.29, 0.717) is 11.6 Å². The molecule has 4 nitrogen and oxygen atoms in total. The van der Waals surface area contributed by atoms with Crippen LogP contribution in [0.15, 0.2) is 24.3 Å². The highest BCUT2D eigenvalue weighted by atomic mass is 32.2. The molecule has 0 saturated carbocycles. The summed E-state index contributed by atoms with van der Waals surface area (Å²) in [7, 11) is 0. The number of fused-ring (bicyclic) bond motifs is 1. The number of hydrogen-bond acceptors (Lipinski definition) is 5. The van der Waals surface area contributed by atoms with E-state index in [2.05, 4.69) is 28.7 Å². The van der Waals surface area contributed by atoms with Crippen molar-refractivity contribution in [2.75, 3.05) is 18.8 Å². The molecule has 0 aliphatic heterocycles. The molecule has 0 radical (unpaired) electrons. The average Bonchev–Trinajstić information content (AvgIpc) is 2.46. The van der Waals surface area contributed by atoms with Gasteiger partial charge < -0.3 is 10.6 Å². The highest BCUT2D eigenvalue weighted by molar-refractivity contribution is 8.22. The van der Waals surface area contributed by atoms with Crippen LogP contribution in [0.25, 0.3) is 10.9 Å². The van der Waals surface area contributed by atoms with Crippen LogP contribution in [-0.2, 0) is 5.75 Å². The van der Waals surface area contributed by atoms with Gasteiger partial charge >= 0.3 is 0 Å². The van der Waals surface area contributed by atoms with Gasteiger partial charge in [-0.25, -0.2) is 9.97 Å². The van der Waals surface area contributed by atoms with Crippen LogP contribution >= 0.6 is 24.0 Å². The minimum absolute atomic E-state index is 0.528. The zero-order valence-electron chi connectivity index (χ0n) is 11.7. The summed E-state index contributed by atoms with van der Waals surface area (Å²) in [5.41, 5.74) is 6.85. The lowest BCUT2D eigenvalue weighted by Crippen LogP contribution is -2.26. The van der Waals surface area contributed by atoms with E-state index in [9.17, 15) is 0 Å². The molecule has 0 unspecified atom stereocenters. The van der Waals surface area contributed by atoms with Crippen LogP contribution in [-0.4, -0.2) is 32.3 Å². The number of anilines is 1. The second-order valence-electron chi connectivity index (χ2n) is 4.27. The van der Waals surface area contributed by atoms with E-state index in [1.165, 1.54) is 0 Å². The van der Waals surface area contributed by atoms with Crippen LogP contribution in [0, 0.1) is 0 Å². The molecule has 1 aromatic carbocycles. The van der Waals surface area contributed by atoms with Crippen molar-refractivity contribution in [1.82, 2.24) is 14.9 Å².